The molecule has 0 aromatic heterocycles. The van der Waals surface area contributed by atoms with Crippen LogP contribution in [0.1, 0.15) is 11.1 Å². The van der Waals surface area contributed by atoms with E-state index in [4.69, 9.17) is 4.74 Å². The molecule has 2 rings (SSSR count). The molecule has 2 aromatic carbocycles. The number of benzene rings is 2. The highest BCUT2D eigenvalue weighted by Crippen LogP contribution is 2.15. The van der Waals surface area contributed by atoms with E-state index in [9.17, 15) is 10.1 Å². The van der Waals surface area contributed by atoms with Crippen LogP contribution in [0, 0.1) is 10.1 Å². The van der Waals surface area contributed by atoms with Gasteiger partial charge in [0.2, 0.25) is 0 Å². The van der Waals surface area contributed by atoms with E-state index in [1.54, 1.807) is 12.1 Å². The summed E-state index contributed by atoms with van der Waals surface area (Å²) in [6, 6.07) is 17.5. The van der Waals surface area contributed by atoms with Crippen molar-refractivity contribution in [2.24, 2.45) is 0 Å². The normalized spacial score (nSPS) is 10.0. The number of nitrogens with zero attached hydrogens (tertiary/aromatic N) is 1. The summed E-state index contributed by atoms with van der Waals surface area (Å²) in [5.41, 5.74) is 2.38. The molecule has 0 aliphatic rings. The molecule has 92 valence electrons. The Labute approximate surface area is 105 Å². The van der Waals surface area contributed by atoms with Crippen molar-refractivity contribution in [1.29, 1.82) is 0 Å². The van der Waals surface area contributed by atoms with Crippen LogP contribution in [0.5, 0.6) is 5.75 Å². The van der Waals surface area contributed by atoms with Gasteiger partial charge in [0.25, 0.3) is 0 Å². The first kappa shape index (κ1) is 12.1. The van der Waals surface area contributed by atoms with Gasteiger partial charge in [-0.3, -0.25) is 10.1 Å². The Balaban J connectivity index is 1.97. The molecular formula is C14H13NO3. The maximum atomic E-state index is 10.2. The molecule has 2 aromatic rings. The number of rotatable bonds is 5. The van der Waals surface area contributed by atoms with E-state index >= 15 is 0 Å². The van der Waals surface area contributed by atoms with Crippen LogP contribution in [-0.4, -0.2) is 11.7 Å². The van der Waals surface area contributed by atoms with Gasteiger partial charge in [-0.05, 0) is 29.7 Å². The molecule has 0 N–H and O–H groups in total. The van der Waals surface area contributed by atoms with Crippen molar-refractivity contribution in [2.75, 3.05) is 6.73 Å². The number of hydrogen-bond donors (Lipinski definition) is 0. The Morgan fingerprint density at radius 1 is 0.944 bits per heavy atom. The summed E-state index contributed by atoms with van der Waals surface area (Å²) in [7, 11) is 0. The predicted octanol–water partition coefficient (Wildman–Crippen LogP) is 2.89. The van der Waals surface area contributed by atoms with Crippen LogP contribution in [0.4, 0.5) is 0 Å². The van der Waals surface area contributed by atoms with Crippen LogP contribution in [0.25, 0.3) is 0 Å². The van der Waals surface area contributed by atoms with Gasteiger partial charge in [0.1, 0.15) is 5.75 Å². The van der Waals surface area contributed by atoms with E-state index in [0.717, 1.165) is 12.0 Å². The molecule has 0 bridgehead atoms. The Morgan fingerprint density at radius 3 is 2.17 bits per heavy atom. The second-order valence-electron chi connectivity index (χ2n) is 3.91. The van der Waals surface area contributed by atoms with Crippen molar-refractivity contribution in [1.82, 2.24) is 0 Å². The highest BCUT2D eigenvalue weighted by atomic mass is 16.7. The highest BCUT2D eigenvalue weighted by Gasteiger charge is 2.00. The van der Waals surface area contributed by atoms with Crippen LogP contribution < -0.4 is 4.74 Å². The van der Waals surface area contributed by atoms with Crippen LogP contribution in [-0.2, 0) is 6.42 Å². The minimum absolute atomic E-state index is 0.502. The fourth-order valence-electron chi connectivity index (χ4n) is 1.66. The standard InChI is InChI=1S/C14H13NO3/c16-15(17)11-18-14-8-6-13(7-9-14)10-12-4-2-1-3-5-12/h1-9H,10-11H2. The maximum absolute atomic E-state index is 10.2. The van der Waals surface area contributed by atoms with Gasteiger partial charge < -0.3 is 4.74 Å². The number of ether oxygens (including phenoxy) is 1. The quantitative estimate of drug-likeness (QED) is 0.461. The summed E-state index contributed by atoms with van der Waals surface area (Å²) in [6.07, 6.45) is 0.844. The van der Waals surface area contributed by atoms with E-state index in [1.165, 1.54) is 5.56 Å². The molecule has 0 fully saturated rings. The lowest BCUT2D eigenvalue weighted by Gasteiger charge is -2.04. The summed E-state index contributed by atoms with van der Waals surface area (Å²) >= 11 is 0. The maximum Gasteiger partial charge on any atom is 0.344 e. The summed E-state index contributed by atoms with van der Waals surface area (Å²) < 4.78 is 4.97. The SMILES string of the molecule is O=[N+]([O-])COc1ccc(Cc2ccccc2)cc1. The molecule has 0 spiro atoms. The lowest BCUT2D eigenvalue weighted by molar-refractivity contribution is -0.514. The van der Waals surface area contributed by atoms with Gasteiger partial charge in [-0.1, -0.05) is 42.5 Å². The first-order valence-corrected chi connectivity index (χ1v) is 5.61. The zero-order valence-corrected chi connectivity index (χ0v) is 9.78. The Morgan fingerprint density at radius 2 is 1.56 bits per heavy atom. The topological polar surface area (TPSA) is 52.4 Å². The minimum Gasteiger partial charge on any atom is -0.432 e. The zero-order valence-electron chi connectivity index (χ0n) is 9.78. The van der Waals surface area contributed by atoms with E-state index in [-0.39, 0.29) is 0 Å². The summed E-state index contributed by atoms with van der Waals surface area (Å²) in [6.45, 7) is -0.502. The third kappa shape index (κ3) is 3.59. The zero-order chi connectivity index (χ0) is 12.8. The molecule has 0 aliphatic heterocycles. The monoisotopic (exact) mass is 243 g/mol. The van der Waals surface area contributed by atoms with Gasteiger partial charge in [0.15, 0.2) is 0 Å². The fraction of sp³-hybridized carbons (Fsp3) is 0.143. The van der Waals surface area contributed by atoms with E-state index in [2.05, 4.69) is 12.1 Å². The Bertz CT molecular complexity index is 508. The fourth-order valence-corrected chi connectivity index (χ4v) is 1.66. The minimum atomic E-state index is -0.502. The van der Waals surface area contributed by atoms with Gasteiger partial charge in [0.05, 0.1) is 4.92 Å². The van der Waals surface area contributed by atoms with Crippen molar-refractivity contribution in [2.45, 2.75) is 6.42 Å². The number of hydrogen-bond acceptors (Lipinski definition) is 3. The van der Waals surface area contributed by atoms with Crippen molar-refractivity contribution in [3.63, 3.8) is 0 Å². The molecule has 4 heteroatoms. The van der Waals surface area contributed by atoms with Gasteiger partial charge in [-0.15, -0.1) is 0 Å². The molecule has 0 unspecified atom stereocenters. The van der Waals surface area contributed by atoms with Gasteiger partial charge >= 0.3 is 6.73 Å². The molecule has 4 nitrogen and oxygen atoms in total. The first-order valence-electron chi connectivity index (χ1n) is 5.61. The van der Waals surface area contributed by atoms with Crippen LogP contribution in [0.3, 0.4) is 0 Å². The number of nitro groups is 1. The molecule has 0 radical (unpaired) electrons. The van der Waals surface area contributed by atoms with Gasteiger partial charge in [0, 0.05) is 0 Å². The molecule has 0 amide bonds. The van der Waals surface area contributed by atoms with Crippen molar-refractivity contribution < 1.29 is 9.66 Å². The average molecular weight is 243 g/mol. The lowest BCUT2D eigenvalue weighted by atomic mass is 10.1. The molecule has 18 heavy (non-hydrogen) atoms. The first-order chi connectivity index (χ1) is 8.74. The van der Waals surface area contributed by atoms with Crippen LogP contribution in [0.2, 0.25) is 0 Å². The van der Waals surface area contributed by atoms with Crippen LogP contribution in [0.15, 0.2) is 54.6 Å². The van der Waals surface area contributed by atoms with Crippen LogP contribution >= 0.6 is 0 Å². The molecular weight excluding hydrogens is 230 g/mol. The second-order valence-corrected chi connectivity index (χ2v) is 3.91. The molecule has 0 atom stereocenters. The third-order valence-electron chi connectivity index (χ3n) is 2.51. The van der Waals surface area contributed by atoms with Crippen molar-refractivity contribution in [3.05, 3.63) is 75.8 Å². The van der Waals surface area contributed by atoms with Gasteiger partial charge in [-0.2, -0.15) is 0 Å². The molecule has 0 saturated carbocycles. The molecule has 0 aliphatic carbocycles. The third-order valence-corrected chi connectivity index (χ3v) is 2.51. The van der Waals surface area contributed by atoms with Crippen molar-refractivity contribution in [3.8, 4) is 5.75 Å². The summed E-state index contributed by atoms with van der Waals surface area (Å²) in [5, 5.41) is 10.2. The van der Waals surface area contributed by atoms with E-state index in [1.807, 2.05) is 30.3 Å². The second kappa shape index (κ2) is 5.82. The smallest absolute Gasteiger partial charge is 0.344 e. The summed E-state index contributed by atoms with van der Waals surface area (Å²) in [4.78, 5) is 9.66. The van der Waals surface area contributed by atoms with Gasteiger partial charge in [-0.25, -0.2) is 0 Å². The average Bonchev–Trinajstić information content (AvgIpc) is 2.39. The highest BCUT2D eigenvalue weighted by molar-refractivity contribution is 5.31. The van der Waals surface area contributed by atoms with E-state index in [0.29, 0.717) is 5.75 Å². The molecule has 0 heterocycles. The largest absolute Gasteiger partial charge is 0.432 e. The lowest BCUT2D eigenvalue weighted by Crippen LogP contribution is -2.07. The molecule has 0 saturated heterocycles. The predicted molar refractivity (Wildman–Crippen MR) is 68.2 cm³/mol. The summed E-state index contributed by atoms with van der Waals surface area (Å²) in [5.74, 6) is 0.517. The Hall–Kier alpha value is -2.36. The van der Waals surface area contributed by atoms with Crippen molar-refractivity contribution >= 4 is 0 Å². The Kier molecular flexibility index (Phi) is 3.91. The van der Waals surface area contributed by atoms with E-state index < -0.39 is 11.7 Å².